The molecule has 2 rings (SSSR count). The Morgan fingerprint density at radius 3 is 2.77 bits per heavy atom. The van der Waals surface area contributed by atoms with Crippen LogP contribution >= 0.6 is 24.2 Å². The minimum atomic E-state index is -0.315. The van der Waals surface area contributed by atoms with Crippen LogP contribution in [0.15, 0.2) is 30.3 Å². The molecule has 3 nitrogen and oxygen atoms in total. The number of thioether (sulfide) groups is 1. The Kier molecular flexibility index (Phi) is 9.20. The van der Waals surface area contributed by atoms with Gasteiger partial charge in [0.2, 0.25) is 5.91 Å². The highest BCUT2D eigenvalue weighted by atomic mass is 35.5. The smallest absolute Gasteiger partial charge is 0.244 e. The zero-order valence-electron chi connectivity index (χ0n) is 12.5. The van der Waals surface area contributed by atoms with Crippen LogP contribution in [0.5, 0.6) is 0 Å². The van der Waals surface area contributed by atoms with Crippen LogP contribution in [-0.4, -0.2) is 48.5 Å². The lowest BCUT2D eigenvalue weighted by Gasteiger charge is -2.25. The van der Waals surface area contributed by atoms with E-state index in [2.05, 4.69) is 10.2 Å². The van der Waals surface area contributed by atoms with E-state index in [1.807, 2.05) is 11.8 Å². The van der Waals surface area contributed by atoms with Crippen LogP contribution < -0.4 is 5.32 Å². The van der Waals surface area contributed by atoms with Gasteiger partial charge in [-0.2, -0.15) is 11.8 Å². The zero-order chi connectivity index (χ0) is 14.9. The van der Waals surface area contributed by atoms with Gasteiger partial charge in [0.25, 0.3) is 0 Å². The van der Waals surface area contributed by atoms with E-state index in [9.17, 15) is 9.18 Å². The molecule has 0 bridgehead atoms. The Morgan fingerprint density at radius 1 is 1.32 bits per heavy atom. The first-order valence-corrected chi connectivity index (χ1v) is 8.42. The van der Waals surface area contributed by atoms with Gasteiger partial charge in [0.15, 0.2) is 0 Å². The lowest BCUT2D eigenvalue weighted by atomic mass is 10.2. The molecule has 0 unspecified atom stereocenters. The third-order valence-corrected chi connectivity index (χ3v) is 4.32. The molecule has 1 saturated heterocycles. The maximum atomic E-state index is 13.4. The summed E-state index contributed by atoms with van der Waals surface area (Å²) in [5.74, 6) is 1.92. The van der Waals surface area contributed by atoms with Gasteiger partial charge in [0, 0.05) is 42.8 Å². The first kappa shape index (κ1) is 19.0. The van der Waals surface area contributed by atoms with Crippen molar-refractivity contribution in [1.29, 1.82) is 0 Å². The standard InChI is InChI=1S/C16H21FN2OS.ClH/c17-15-5-2-1-4-14(15)6-7-16(20)18-8-3-9-19-10-12-21-13-11-19;/h1-2,4-7H,3,8-13H2,(H,18,20);1H. The molecule has 22 heavy (non-hydrogen) atoms. The highest BCUT2D eigenvalue weighted by Gasteiger charge is 2.09. The third kappa shape index (κ3) is 6.81. The molecular weight excluding hydrogens is 323 g/mol. The normalized spacial score (nSPS) is 15.5. The molecular formula is C16H22ClFN2OS. The van der Waals surface area contributed by atoms with Gasteiger partial charge in [0.1, 0.15) is 5.82 Å². The van der Waals surface area contributed by atoms with Crippen molar-refractivity contribution >= 4 is 36.2 Å². The summed E-state index contributed by atoms with van der Waals surface area (Å²) in [6.45, 7) is 3.97. The van der Waals surface area contributed by atoms with Gasteiger partial charge in [-0.25, -0.2) is 4.39 Å². The van der Waals surface area contributed by atoms with E-state index in [-0.39, 0.29) is 24.1 Å². The fourth-order valence-corrected chi connectivity index (χ4v) is 3.15. The molecule has 1 N–H and O–H groups in total. The molecule has 0 spiro atoms. The Hall–Kier alpha value is -1.04. The van der Waals surface area contributed by atoms with Gasteiger partial charge in [-0.3, -0.25) is 4.79 Å². The lowest BCUT2D eigenvalue weighted by Crippen LogP contribution is -2.35. The van der Waals surface area contributed by atoms with Gasteiger partial charge in [-0.05, 0) is 25.1 Å². The summed E-state index contributed by atoms with van der Waals surface area (Å²) in [4.78, 5) is 14.1. The molecule has 1 aliphatic heterocycles. The Labute approximate surface area is 141 Å². The average molecular weight is 345 g/mol. The quantitative estimate of drug-likeness (QED) is 0.636. The fourth-order valence-electron chi connectivity index (χ4n) is 2.17. The van der Waals surface area contributed by atoms with E-state index in [1.54, 1.807) is 18.2 Å². The van der Waals surface area contributed by atoms with Crippen molar-refractivity contribution < 1.29 is 9.18 Å². The van der Waals surface area contributed by atoms with E-state index in [0.717, 1.165) is 26.1 Å². The van der Waals surface area contributed by atoms with Crippen LogP contribution in [0.1, 0.15) is 12.0 Å². The number of halogens is 2. The molecule has 0 radical (unpaired) electrons. The number of nitrogens with one attached hydrogen (secondary N) is 1. The maximum absolute atomic E-state index is 13.4. The number of nitrogens with zero attached hydrogens (tertiary/aromatic N) is 1. The van der Waals surface area contributed by atoms with E-state index >= 15 is 0 Å². The summed E-state index contributed by atoms with van der Waals surface area (Å²) in [5, 5.41) is 2.83. The first-order valence-electron chi connectivity index (χ1n) is 7.26. The summed E-state index contributed by atoms with van der Waals surface area (Å²) in [6, 6.07) is 6.41. The van der Waals surface area contributed by atoms with Crippen molar-refractivity contribution in [3.8, 4) is 0 Å². The van der Waals surface area contributed by atoms with E-state index < -0.39 is 0 Å². The summed E-state index contributed by atoms with van der Waals surface area (Å²) >= 11 is 2.00. The summed E-state index contributed by atoms with van der Waals surface area (Å²) in [6.07, 6.45) is 3.84. The number of carbonyl (C=O) groups excluding carboxylic acids is 1. The van der Waals surface area contributed by atoms with Crippen molar-refractivity contribution in [3.05, 3.63) is 41.7 Å². The second kappa shape index (κ2) is 10.6. The molecule has 1 amide bonds. The average Bonchev–Trinajstić information content (AvgIpc) is 2.52. The summed E-state index contributed by atoms with van der Waals surface area (Å²) in [5.41, 5.74) is 0.429. The zero-order valence-corrected chi connectivity index (χ0v) is 14.1. The van der Waals surface area contributed by atoms with Crippen LogP contribution in [0.3, 0.4) is 0 Å². The van der Waals surface area contributed by atoms with Gasteiger partial charge in [-0.1, -0.05) is 18.2 Å². The number of amides is 1. The second-order valence-corrected chi connectivity index (χ2v) is 6.18. The lowest BCUT2D eigenvalue weighted by molar-refractivity contribution is -0.116. The topological polar surface area (TPSA) is 32.3 Å². The molecule has 122 valence electrons. The van der Waals surface area contributed by atoms with Crippen molar-refractivity contribution in [2.75, 3.05) is 37.7 Å². The third-order valence-electron chi connectivity index (χ3n) is 3.37. The second-order valence-electron chi connectivity index (χ2n) is 4.95. The largest absolute Gasteiger partial charge is 0.353 e. The predicted molar refractivity (Wildman–Crippen MR) is 94.1 cm³/mol. The Bertz CT molecular complexity index is 493. The highest BCUT2D eigenvalue weighted by Crippen LogP contribution is 2.09. The Morgan fingerprint density at radius 2 is 2.05 bits per heavy atom. The molecule has 1 heterocycles. The maximum Gasteiger partial charge on any atom is 0.244 e. The molecule has 0 atom stereocenters. The minimum absolute atomic E-state index is 0. The predicted octanol–water partition coefficient (Wildman–Crippen LogP) is 2.82. The minimum Gasteiger partial charge on any atom is -0.353 e. The van der Waals surface area contributed by atoms with Crippen LogP contribution in [0.25, 0.3) is 6.08 Å². The number of hydrogen-bond acceptors (Lipinski definition) is 3. The van der Waals surface area contributed by atoms with E-state index in [0.29, 0.717) is 12.1 Å². The molecule has 6 heteroatoms. The van der Waals surface area contributed by atoms with Crippen molar-refractivity contribution in [3.63, 3.8) is 0 Å². The monoisotopic (exact) mass is 344 g/mol. The fraction of sp³-hybridized carbons (Fsp3) is 0.438. The number of hydrogen-bond donors (Lipinski definition) is 1. The molecule has 1 aromatic carbocycles. The Balaban J connectivity index is 0.00000242. The number of benzene rings is 1. The van der Waals surface area contributed by atoms with Gasteiger partial charge in [0.05, 0.1) is 0 Å². The summed E-state index contributed by atoms with van der Waals surface area (Å²) in [7, 11) is 0. The van der Waals surface area contributed by atoms with Crippen LogP contribution in [0, 0.1) is 5.82 Å². The highest BCUT2D eigenvalue weighted by molar-refractivity contribution is 7.99. The molecule has 1 aromatic rings. The van der Waals surface area contributed by atoms with Crippen molar-refractivity contribution in [2.24, 2.45) is 0 Å². The number of rotatable bonds is 6. The van der Waals surface area contributed by atoms with E-state index in [4.69, 9.17) is 0 Å². The molecule has 0 aromatic heterocycles. The van der Waals surface area contributed by atoms with Gasteiger partial charge in [-0.15, -0.1) is 12.4 Å². The number of carbonyl (C=O) groups is 1. The first-order chi connectivity index (χ1) is 10.3. The summed E-state index contributed by atoms with van der Waals surface area (Å²) < 4.78 is 13.4. The van der Waals surface area contributed by atoms with Crippen molar-refractivity contribution in [1.82, 2.24) is 10.2 Å². The van der Waals surface area contributed by atoms with Crippen LogP contribution in [-0.2, 0) is 4.79 Å². The van der Waals surface area contributed by atoms with Crippen molar-refractivity contribution in [2.45, 2.75) is 6.42 Å². The SMILES string of the molecule is Cl.O=C(C=Cc1ccccc1F)NCCCN1CCSCC1. The molecule has 1 aliphatic rings. The van der Waals surface area contributed by atoms with Gasteiger partial charge >= 0.3 is 0 Å². The molecule has 0 aliphatic carbocycles. The van der Waals surface area contributed by atoms with Gasteiger partial charge < -0.3 is 10.2 Å². The molecule has 0 saturated carbocycles. The van der Waals surface area contributed by atoms with E-state index in [1.165, 1.54) is 29.7 Å². The van der Waals surface area contributed by atoms with Crippen LogP contribution in [0.4, 0.5) is 4.39 Å². The molecule has 1 fully saturated rings. The van der Waals surface area contributed by atoms with Crippen LogP contribution in [0.2, 0.25) is 0 Å².